The summed E-state index contributed by atoms with van der Waals surface area (Å²) in [7, 11) is 0. The quantitative estimate of drug-likeness (QED) is 0.769. The van der Waals surface area contributed by atoms with Crippen molar-refractivity contribution in [3.8, 4) is 0 Å². The molecule has 1 N–H and O–H groups in total. The average Bonchev–Trinajstić information content (AvgIpc) is 2.99. The number of nitrogens with zero attached hydrogens (tertiary/aromatic N) is 2. The summed E-state index contributed by atoms with van der Waals surface area (Å²) in [6.07, 6.45) is 2.04. The first-order valence-corrected chi connectivity index (χ1v) is 6.37. The molecule has 0 saturated heterocycles. The van der Waals surface area contributed by atoms with Gasteiger partial charge in [0, 0.05) is 17.1 Å². The SMILES string of the molecule is OCc1cccc2ccn(Cc3cscn3)c12. The van der Waals surface area contributed by atoms with E-state index in [9.17, 15) is 5.11 Å². The predicted molar refractivity (Wildman–Crippen MR) is 69.1 cm³/mol. The van der Waals surface area contributed by atoms with Crippen LogP contribution in [0.1, 0.15) is 11.3 Å². The molecule has 2 aromatic heterocycles. The molecule has 0 aliphatic heterocycles. The molecule has 3 aromatic rings. The van der Waals surface area contributed by atoms with E-state index >= 15 is 0 Å². The lowest BCUT2D eigenvalue weighted by Crippen LogP contribution is -2.00. The maximum Gasteiger partial charge on any atom is 0.0795 e. The molecule has 3 rings (SSSR count). The van der Waals surface area contributed by atoms with Crippen molar-refractivity contribution in [1.29, 1.82) is 0 Å². The molecule has 0 aliphatic carbocycles. The van der Waals surface area contributed by atoms with Crippen LogP contribution in [0.25, 0.3) is 10.9 Å². The zero-order valence-corrected chi connectivity index (χ0v) is 10.0. The molecule has 0 unspecified atom stereocenters. The van der Waals surface area contributed by atoms with Gasteiger partial charge in [0.2, 0.25) is 0 Å². The molecule has 2 heterocycles. The summed E-state index contributed by atoms with van der Waals surface area (Å²) < 4.78 is 2.13. The van der Waals surface area contributed by atoms with E-state index in [1.807, 2.05) is 29.2 Å². The van der Waals surface area contributed by atoms with Gasteiger partial charge in [-0.3, -0.25) is 0 Å². The minimum Gasteiger partial charge on any atom is -0.392 e. The smallest absolute Gasteiger partial charge is 0.0795 e. The van der Waals surface area contributed by atoms with Crippen LogP contribution in [-0.2, 0) is 13.2 Å². The second kappa shape index (κ2) is 4.31. The Balaban J connectivity index is 2.10. The highest BCUT2D eigenvalue weighted by atomic mass is 32.1. The molecule has 0 radical (unpaired) electrons. The van der Waals surface area contributed by atoms with Crippen molar-refractivity contribution in [3.63, 3.8) is 0 Å². The van der Waals surface area contributed by atoms with Gasteiger partial charge in [-0.2, -0.15) is 0 Å². The van der Waals surface area contributed by atoms with Crippen LogP contribution in [0, 0.1) is 0 Å². The third-order valence-corrected chi connectivity index (χ3v) is 3.49. The minimum absolute atomic E-state index is 0.0679. The topological polar surface area (TPSA) is 38.0 Å². The van der Waals surface area contributed by atoms with Crippen LogP contribution in [0.5, 0.6) is 0 Å². The highest BCUT2D eigenvalue weighted by Gasteiger charge is 2.06. The first kappa shape index (κ1) is 10.5. The Bertz CT molecular complexity index is 628. The molecule has 0 saturated carbocycles. The Hall–Kier alpha value is -1.65. The van der Waals surface area contributed by atoms with Crippen molar-refractivity contribution in [2.45, 2.75) is 13.2 Å². The number of aliphatic hydroxyl groups excluding tert-OH is 1. The molecule has 0 fully saturated rings. The van der Waals surface area contributed by atoms with Gasteiger partial charge < -0.3 is 9.67 Å². The number of fused-ring (bicyclic) bond motifs is 1. The second-order valence-corrected chi connectivity index (χ2v) is 4.66. The Morgan fingerprint density at radius 1 is 1.29 bits per heavy atom. The van der Waals surface area contributed by atoms with Crippen molar-refractivity contribution in [2.75, 3.05) is 0 Å². The van der Waals surface area contributed by atoms with Gasteiger partial charge in [0.25, 0.3) is 0 Å². The predicted octanol–water partition coefficient (Wildman–Crippen LogP) is 2.64. The molecule has 3 nitrogen and oxygen atoms in total. The van der Waals surface area contributed by atoms with Crippen LogP contribution in [0.4, 0.5) is 0 Å². The monoisotopic (exact) mass is 244 g/mol. The van der Waals surface area contributed by atoms with E-state index in [1.54, 1.807) is 11.3 Å². The van der Waals surface area contributed by atoms with Crippen LogP contribution < -0.4 is 0 Å². The van der Waals surface area contributed by atoms with E-state index in [0.717, 1.165) is 28.7 Å². The molecule has 0 amide bonds. The highest BCUT2D eigenvalue weighted by Crippen LogP contribution is 2.21. The molecule has 1 aromatic carbocycles. The zero-order valence-electron chi connectivity index (χ0n) is 9.21. The summed E-state index contributed by atoms with van der Waals surface area (Å²) in [6, 6.07) is 8.06. The highest BCUT2D eigenvalue weighted by molar-refractivity contribution is 7.07. The van der Waals surface area contributed by atoms with Crippen molar-refractivity contribution in [1.82, 2.24) is 9.55 Å². The van der Waals surface area contributed by atoms with Crippen LogP contribution in [0.3, 0.4) is 0 Å². The van der Waals surface area contributed by atoms with E-state index in [2.05, 4.69) is 21.7 Å². The molecule has 4 heteroatoms. The summed E-state index contributed by atoms with van der Waals surface area (Å²) in [5, 5.41) is 12.6. The molecule has 86 valence electrons. The number of rotatable bonds is 3. The first-order chi connectivity index (χ1) is 8.38. The Kier molecular flexibility index (Phi) is 2.66. The number of thiazole rings is 1. The minimum atomic E-state index is 0.0679. The number of aromatic nitrogens is 2. The van der Waals surface area contributed by atoms with Gasteiger partial charge in [0.1, 0.15) is 0 Å². The summed E-state index contributed by atoms with van der Waals surface area (Å²) in [6.45, 7) is 0.822. The van der Waals surface area contributed by atoms with Crippen molar-refractivity contribution < 1.29 is 5.11 Å². The number of aliphatic hydroxyl groups is 1. The van der Waals surface area contributed by atoms with E-state index in [1.165, 1.54) is 0 Å². The molecular formula is C13H12N2OS. The number of para-hydroxylation sites is 1. The fraction of sp³-hybridized carbons (Fsp3) is 0.154. The van der Waals surface area contributed by atoms with Gasteiger partial charge in [-0.05, 0) is 11.5 Å². The van der Waals surface area contributed by atoms with Crippen LogP contribution in [-0.4, -0.2) is 14.7 Å². The molecular weight excluding hydrogens is 232 g/mol. The van der Waals surface area contributed by atoms with E-state index in [4.69, 9.17) is 0 Å². The average molecular weight is 244 g/mol. The van der Waals surface area contributed by atoms with Gasteiger partial charge >= 0.3 is 0 Å². The molecule has 0 aliphatic rings. The Labute approximate surface area is 103 Å². The van der Waals surface area contributed by atoms with Crippen LogP contribution in [0.15, 0.2) is 41.4 Å². The second-order valence-electron chi connectivity index (χ2n) is 3.94. The fourth-order valence-corrected chi connectivity index (χ4v) is 2.64. The normalized spacial score (nSPS) is 11.1. The van der Waals surface area contributed by atoms with Crippen molar-refractivity contribution in [2.24, 2.45) is 0 Å². The molecule has 0 spiro atoms. The Morgan fingerprint density at radius 2 is 2.24 bits per heavy atom. The summed E-state index contributed by atoms with van der Waals surface area (Å²) in [5.41, 5.74) is 4.96. The first-order valence-electron chi connectivity index (χ1n) is 5.43. The van der Waals surface area contributed by atoms with Gasteiger partial charge in [-0.15, -0.1) is 11.3 Å². The van der Waals surface area contributed by atoms with Crippen molar-refractivity contribution >= 4 is 22.2 Å². The summed E-state index contributed by atoms with van der Waals surface area (Å²) in [5.74, 6) is 0. The third kappa shape index (κ3) is 1.85. The maximum atomic E-state index is 9.38. The van der Waals surface area contributed by atoms with E-state index in [-0.39, 0.29) is 6.61 Å². The lowest BCUT2D eigenvalue weighted by atomic mass is 10.1. The van der Waals surface area contributed by atoms with Crippen LogP contribution in [0.2, 0.25) is 0 Å². The van der Waals surface area contributed by atoms with E-state index in [0.29, 0.717) is 0 Å². The molecule has 17 heavy (non-hydrogen) atoms. The zero-order chi connectivity index (χ0) is 11.7. The van der Waals surface area contributed by atoms with Gasteiger partial charge in [0.15, 0.2) is 0 Å². The largest absolute Gasteiger partial charge is 0.392 e. The van der Waals surface area contributed by atoms with Gasteiger partial charge in [-0.1, -0.05) is 18.2 Å². The number of hydrogen-bond acceptors (Lipinski definition) is 3. The fourth-order valence-electron chi connectivity index (χ4n) is 2.09. The van der Waals surface area contributed by atoms with Gasteiger partial charge in [0.05, 0.1) is 29.9 Å². The molecule has 0 atom stereocenters. The summed E-state index contributed by atoms with van der Waals surface area (Å²) in [4.78, 5) is 4.29. The number of benzene rings is 1. The van der Waals surface area contributed by atoms with Gasteiger partial charge in [-0.25, -0.2) is 4.98 Å². The Morgan fingerprint density at radius 3 is 3.00 bits per heavy atom. The third-order valence-electron chi connectivity index (χ3n) is 2.86. The number of hydrogen-bond donors (Lipinski definition) is 1. The lowest BCUT2D eigenvalue weighted by Gasteiger charge is -2.06. The van der Waals surface area contributed by atoms with E-state index < -0.39 is 0 Å². The van der Waals surface area contributed by atoms with Crippen LogP contribution >= 0.6 is 11.3 Å². The van der Waals surface area contributed by atoms with Crippen molar-refractivity contribution in [3.05, 3.63) is 52.6 Å². The maximum absolute atomic E-state index is 9.38. The molecule has 0 bridgehead atoms. The standard InChI is InChI=1S/C13H12N2OS/c16-7-11-3-1-2-10-4-5-15(13(10)11)6-12-8-17-9-14-12/h1-5,8-9,16H,6-7H2. The lowest BCUT2D eigenvalue weighted by molar-refractivity contribution is 0.283. The summed E-state index contributed by atoms with van der Waals surface area (Å²) >= 11 is 1.60.